The molecule has 0 radical (unpaired) electrons. The fraction of sp³-hybridized carbons (Fsp3) is 0.194. The second-order valence-corrected chi connectivity index (χ2v) is 10.1. The van der Waals surface area contributed by atoms with Crippen LogP contribution in [0.25, 0.3) is 11.8 Å². The van der Waals surface area contributed by atoms with Gasteiger partial charge in [-0.2, -0.15) is 0 Å². The first-order valence-corrected chi connectivity index (χ1v) is 13.4. The molecule has 192 valence electrons. The third kappa shape index (κ3) is 5.10. The molecule has 0 amide bonds. The summed E-state index contributed by atoms with van der Waals surface area (Å²) in [5, 5.41) is 0. The van der Waals surface area contributed by atoms with Crippen LogP contribution < -0.4 is 19.6 Å². The number of ether oxygens (including phenoxy) is 2. The molecule has 0 fully saturated rings. The van der Waals surface area contributed by atoms with E-state index in [0.717, 1.165) is 22.4 Å². The SMILES string of the molecule is CCOC(=O)C1=C(c2ccccc2)N=c2s/c(=C\c3cccc(OC(C)C)c3)c(=O)n2[C@H]1c1ccccc1. The van der Waals surface area contributed by atoms with Gasteiger partial charge in [0.05, 0.1) is 34.6 Å². The minimum atomic E-state index is -0.681. The molecule has 1 aromatic heterocycles. The quantitative estimate of drug-likeness (QED) is 0.328. The van der Waals surface area contributed by atoms with Crippen LogP contribution >= 0.6 is 11.3 Å². The topological polar surface area (TPSA) is 69.9 Å². The minimum Gasteiger partial charge on any atom is -0.491 e. The van der Waals surface area contributed by atoms with Crippen LogP contribution in [0.2, 0.25) is 0 Å². The number of aromatic nitrogens is 1. The van der Waals surface area contributed by atoms with Crippen LogP contribution in [0.3, 0.4) is 0 Å². The molecule has 0 saturated carbocycles. The summed E-state index contributed by atoms with van der Waals surface area (Å²) >= 11 is 1.30. The summed E-state index contributed by atoms with van der Waals surface area (Å²) < 4.78 is 13.5. The average molecular weight is 525 g/mol. The van der Waals surface area contributed by atoms with Gasteiger partial charge in [-0.1, -0.05) is 84.1 Å². The Labute approximate surface area is 224 Å². The van der Waals surface area contributed by atoms with Gasteiger partial charge in [0.15, 0.2) is 4.80 Å². The lowest BCUT2D eigenvalue weighted by Gasteiger charge is -2.25. The molecule has 2 heterocycles. The fourth-order valence-electron chi connectivity index (χ4n) is 4.49. The van der Waals surface area contributed by atoms with Crippen LogP contribution in [0.5, 0.6) is 5.75 Å². The van der Waals surface area contributed by atoms with E-state index in [-0.39, 0.29) is 18.3 Å². The van der Waals surface area contributed by atoms with E-state index in [0.29, 0.717) is 20.6 Å². The van der Waals surface area contributed by atoms with Gasteiger partial charge in [0.1, 0.15) is 5.75 Å². The highest BCUT2D eigenvalue weighted by atomic mass is 32.1. The first-order valence-electron chi connectivity index (χ1n) is 12.6. The molecule has 4 aromatic rings. The molecule has 0 aliphatic carbocycles. The van der Waals surface area contributed by atoms with E-state index in [9.17, 15) is 9.59 Å². The Morgan fingerprint density at radius 1 is 1.03 bits per heavy atom. The summed E-state index contributed by atoms with van der Waals surface area (Å²) in [4.78, 5) is 32.7. The third-order valence-electron chi connectivity index (χ3n) is 6.02. The molecule has 0 saturated heterocycles. The maximum Gasteiger partial charge on any atom is 0.338 e. The number of esters is 1. The fourth-order valence-corrected chi connectivity index (χ4v) is 5.49. The van der Waals surface area contributed by atoms with Gasteiger partial charge >= 0.3 is 5.97 Å². The molecule has 6 nitrogen and oxygen atoms in total. The third-order valence-corrected chi connectivity index (χ3v) is 7.00. The molecule has 0 bridgehead atoms. The highest BCUT2D eigenvalue weighted by Gasteiger charge is 2.35. The van der Waals surface area contributed by atoms with Crippen molar-refractivity contribution >= 4 is 29.1 Å². The van der Waals surface area contributed by atoms with E-state index >= 15 is 0 Å². The highest BCUT2D eigenvalue weighted by Crippen LogP contribution is 2.35. The number of hydrogen-bond acceptors (Lipinski definition) is 6. The molecule has 1 aliphatic rings. The lowest BCUT2D eigenvalue weighted by Crippen LogP contribution is -2.39. The predicted octanol–water partition coefficient (Wildman–Crippen LogP) is 4.72. The maximum atomic E-state index is 13.9. The molecule has 0 spiro atoms. The Kier molecular flexibility index (Phi) is 7.38. The monoisotopic (exact) mass is 524 g/mol. The highest BCUT2D eigenvalue weighted by molar-refractivity contribution is 7.07. The van der Waals surface area contributed by atoms with Crippen molar-refractivity contribution in [2.24, 2.45) is 4.99 Å². The Morgan fingerprint density at radius 2 is 1.74 bits per heavy atom. The molecule has 3 aromatic carbocycles. The van der Waals surface area contributed by atoms with E-state index in [4.69, 9.17) is 14.5 Å². The number of carbonyl (C=O) groups excluding carboxylic acids is 1. The Morgan fingerprint density at radius 3 is 2.42 bits per heavy atom. The van der Waals surface area contributed by atoms with Gasteiger partial charge in [-0.15, -0.1) is 0 Å². The van der Waals surface area contributed by atoms with Crippen LogP contribution in [0.4, 0.5) is 0 Å². The summed E-state index contributed by atoms with van der Waals surface area (Å²) in [6.07, 6.45) is 1.88. The number of hydrogen-bond donors (Lipinski definition) is 0. The van der Waals surface area contributed by atoms with Gasteiger partial charge < -0.3 is 9.47 Å². The van der Waals surface area contributed by atoms with E-state index in [2.05, 4.69) is 0 Å². The molecule has 5 rings (SSSR count). The molecular formula is C31H28N2O4S. The summed E-state index contributed by atoms with van der Waals surface area (Å²) in [5.41, 5.74) is 3.07. The summed E-state index contributed by atoms with van der Waals surface area (Å²) in [5.74, 6) is 0.247. The second-order valence-electron chi connectivity index (χ2n) is 9.08. The summed E-state index contributed by atoms with van der Waals surface area (Å²) in [6, 6.07) is 26.0. The number of benzene rings is 3. The van der Waals surface area contributed by atoms with Gasteiger partial charge in [0.2, 0.25) is 0 Å². The molecule has 1 aliphatic heterocycles. The number of nitrogens with zero attached hydrogens (tertiary/aromatic N) is 2. The largest absolute Gasteiger partial charge is 0.491 e. The van der Waals surface area contributed by atoms with Gasteiger partial charge in [0.25, 0.3) is 5.56 Å². The molecule has 7 heteroatoms. The summed E-state index contributed by atoms with van der Waals surface area (Å²) in [6.45, 7) is 5.93. The zero-order valence-electron chi connectivity index (χ0n) is 21.5. The maximum absolute atomic E-state index is 13.9. The van der Waals surface area contributed by atoms with Gasteiger partial charge in [-0.05, 0) is 50.1 Å². The number of rotatable bonds is 7. The van der Waals surface area contributed by atoms with E-state index in [1.807, 2.05) is 105 Å². The predicted molar refractivity (Wildman–Crippen MR) is 150 cm³/mol. The minimum absolute atomic E-state index is 0.0409. The lowest BCUT2D eigenvalue weighted by molar-refractivity contribution is -0.138. The van der Waals surface area contributed by atoms with Crippen LogP contribution in [-0.2, 0) is 9.53 Å². The zero-order valence-corrected chi connectivity index (χ0v) is 22.3. The van der Waals surface area contributed by atoms with E-state index in [1.54, 1.807) is 11.5 Å². The molecule has 38 heavy (non-hydrogen) atoms. The van der Waals surface area contributed by atoms with Crippen molar-refractivity contribution in [1.29, 1.82) is 0 Å². The van der Waals surface area contributed by atoms with Gasteiger partial charge in [-0.25, -0.2) is 9.79 Å². The van der Waals surface area contributed by atoms with Crippen molar-refractivity contribution in [2.45, 2.75) is 32.9 Å². The van der Waals surface area contributed by atoms with Crippen LogP contribution in [0, 0.1) is 0 Å². The first-order chi connectivity index (χ1) is 18.5. The normalized spacial score (nSPS) is 15.3. The van der Waals surface area contributed by atoms with Crippen molar-refractivity contribution in [2.75, 3.05) is 6.61 Å². The van der Waals surface area contributed by atoms with Crippen molar-refractivity contribution < 1.29 is 14.3 Å². The van der Waals surface area contributed by atoms with E-state index in [1.165, 1.54) is 11.3 Å². The number of carbonyl (C=O) groups is 1. The van der Waals surface area contributed by atoms with E-state index < -0.39 is 12.0 Å². The summed E-state index contributed by atoms with van der Waals surface area (Å²) in [7, 11) is 0. The first kappa shape index (κ1) is 25.4. The Balaban J connectivity index is 1.76. The number of fused-ring (bicyclic) bond motifs is 1. The van der Waals surface area contributed by atoms with Crippen LogP contribution in [-0.4, -0.2) is 23.2 Å². The second kappa shape index (κ2) is 11.0. The van der Waals surface area contributed by atoms with Gasteiger partial charge in [-0.3, -0.25) is 9.36 Å². The van der Waals surface area contributed by atoms with Crippen LogP contribution in [0.15, 0.2) is 100 Å². The molecular weight excluding hydrogens is 496 g/mol. The lowest BCUT2D eigenvalue weighted by atomic mass is 9.93. The van der Waals surface area contributed by atoms with Gasteiger partial charge in [0, 0.05) is 5.56 Å². The molecule has 0 N–H and O–H groups in total. The molecule has 1 atom stereocenters. The van der Waals surface area contributed by atoms with Crippen molar-refractivity contribution in [3.8, 4) is 5.75 Å². The molecule has 0 unspecified atom stereocenters. The average Bonchev–Trinajstić information content (AvgIpc) is 3.23. The standard InChI is InChI=1S/C31H28N2O4S/c1-4-36-30(35)26-27(22-13-7-5-8-14-22)32-31-33(28(26)23-15-9-6-10-16-23)29(34)25(38-31)19-21-12-11-17-24(18-21)37-20(2)3/h5-20,28H,4H2,1-3H3/b25-19-/t28-/m0/s1. The van der Waals surface area contributed by atoms with Crippen molar-refractivity contribution in [3.63, 3.8) is 0 Å². The Bertz CT molecular complexity index is 1670. The zero-order chi connectivity index (χ0) is 26.6. The Hall–Kier alpha value is -4.23. The smallest absolute Gasteiger partial charge is 0.338 e. The number of thiazole rings is 1. The van der Waals surface area contributed by atoms with Crippen molar-refractivity contribution in [3.05, 3.63) is 127 Å². The van der Waals surface area contributed by atoms with Crippen molar-refractivity contribution in [1.82, 2.24) is 4.57 Å². The van der Waals surface area contributed by atoms with Crippen LogP contribution in [0.1, 0.15) is 43.5 Å².